The molecule has 1 aromatic heterocycles. The third-order valence-electron chi connectivity index (χ3n) is 3.39. The van der Waals surface area contributed by atoms with Crippen molar-refractivity contribution in [2.45, 2.75) is 37.8 Å². The van der Waals surface area contributed by atoms with Crippen LogP contribution in [0.15, 0.2) is 18.5 Å². The molecule has 5 heteroatoms. The minimum Gasteiger partial charge on any atom is -0.373 e. The molecule has 2 heterocycles. The predicted molar refractivity (Wildman–Crippen MR) is 62.5 cm³/mol. The van der Waals surface area contributed by atoms with Gasteiger partial charge in [0.2, 0.25) is 0 Å². The third kappa shape index (κ3) is 2.46. The van der Waals surface area contributed by atoms with Crippen molar-refractivity contribution in [1.82, 2.24) is 10.4 Å². The number of hydrazine groups is 1. The molecule has 0 amide bonds. The Labute approximate surface area is 100 Å². The van der Waals surface area contributed by atoms with E-state index in [9.17, 15) is 4.39 Å². The van der Waals surface area contributed by atoms with Crippen LogP contribution < -0.4 is 11.3 Å². The fourth-order valence-electron chi connectivity index (χ4n) is 2.40. The number of nitrogens with zero attached hydrogens (tertiary/aromatic N) is 1. The van der Waals surface area contributed by atoms with Gasteiger partial charge in [-0.3, -0.25) is 10.8 Å². The highest BCUT2D eigenvalue weighted by atomic mass is 19.1. The van der Waals surface area contributed by atoms with E-state index < -0.39 is 5.60 Å². The van der Waals surface area contributed by atoms with Crippen molar-refractivity contribution < 1.29 is 9.13 Å². The van der Waals surface area contributed by atoms with E-state index in [1.807, 2.05) is 6.92 Å². The maximum atomic E-state index is 13.7. The summed E-state index contributed by atoms with van der Waals surface area (Å²) in [7, 11) is 0. The van der Waals surface area contributed by atoms with Crippen molar-refractivity contribution >= 4 is 0 Å². The third-order valence-corrected chi connectivity index (χ3v) is 3.39. The van der Waals surface area contributed by atoms with Crippen LogP contribution in [0, 0.1) is 5.82 Å². The van der Waals surface area contributed by atoms with Crippen molar-refractivity contribution in [3.63, 3.8) is 0 Å². The number of pyridine rings is 1. The molecule has 3 N–H and O–H groups in total. The molecule has 1 fully saturated rings. The Morgan fingerprint density at radius 2 is 2.41 bits per heavy atom. The van der Waals surface area contributed by atoms with Gasteiger partial charge in [-0.2, -0.15) is 0 Å². The highest BCUT2D eigenvalue weighted by molar-refractivity contribution is 5.21. The van der Waals surface area contributed by atoms with E-state index in [4.69, 9.17) is 10.6 Å². The SMILES string of the molecule is CC1(C(NN)c2ccncc2F)CCCCO1. The topological polar surface area (TPSA) is 60.2 Å². The zero-order valence-corrected chi connectivity index (χ0v) is 9.95. The van der Waals surface area contributed by atoms with Gasteiger partial charge < -0.3 is 4.74 Å². The van der Waals surface area contributed by atoms with Crippen molar-refractivity contribution in [1.29, 1.82) is 0 Å². The van der Waals surface area contributed by atoms with Crippen LogP contribution in [0.25, 0.3) is 0 Å². The number of ether oxygens (including phenoxy) is 1. The second-order valence-electron chi connectivity index (χ2n) is 4.62. The Hall–Kier alpha value is -1.04. The number of halogens is 1. The van der Waals surface area contributed by atoms with E-state index in [1.54, 1.807) is 12.3 Å². The largest absolute Gasteiger partial charge is 0.373 e. The number of hydrogen-bond donors (Lipinski definition) is 2. The molecule has 1 aliphatic rings. The van der Waals surface area contributed by atoms with E-state index in [2.05, 4.69) is 10.4 Å². The van der Waals surface area contributed by atoms with Crippen LogP contribution in [0.3, 0.4) is 0 Å². The fraction of sp³-hybridized carbons (Fsp3) is 0.583. The van der Waals surface area contributed by atoms with Gasteiger partial charge in [-0.25, -0.2) is 9.82 Å². The lowest BCUT2D eigenvalue weighted by Gasteiger charge is -2.40. The summed E-state index contributed by atoms with van der Waals surface area (Å²) < 4.78 is 19.5. The summed E-state index contributed by atoms with van der Waals surface area (Å²) >= 11 is 0. The average molecular weight is 239 g/mol. The van der Waals surface area contributed by atoms with Gasteiger partial charge in [0.15, 0.2) is 0 Å². The van der Waals surface area contributed by atoms with Gasteiger partial charge in [-0.15, -0.1) is 0 Å². The van der Waals surface area contributed by atoms with E-state index in [-0.39, 0.29) is 11.9 Å². The molecule has 0 aliphatic carbocycles. The summed E-state index contributed by atoms with van der Waals surface area (Å²) in [6.07, 6.45) is 5.75. The van der Waals surface area contributed by atoms with Gasteiger partial charge in [-0.1, -0.05) is 0 Å². The average Bonchev–Trinajstić information content (AvgIpc) is 2.33. The number of nitrogens with one attached hydrogen (secondary N) is 1. The van der Waals surface area contributed by atoms with Gasteiger partial charge in [0.1, 0.15) is 5.82 Å². The molecule has 0 spiro atoms. The summed E-state index contributed by atoms with van der Waals surface area (Å²) in [6.45, 7) is 2.66. The van der Waals surface area contributed by atoms with Crippen LogP contribution >= 0.6 is 0 Å². The lowest BCUT2D eigenvalue weighted by Crippen LogP contribution is -2.48. The molecule has 0 bridgehead atoms. The normalized spacial score (nSPS) is 26.8. The van der Waals surface area contributed by atoms with Crippen molar-refractivity contribution in [3.05, 3.63) is 29.8 Å². The van der Waals surface area contributed by atoms with Gasteiger partial charge in [0.05, 0.1) is 17.8 Å². The minimum absolute atomic E-state index is 0.356. The lowest BCUT2D eigenvalue weighted by atomic mass is 9.84. The van der Waals surface area contributed by atoms with E-state index in [0.717, 1.165) is 19.3 Å². The summed E-state index contributed by atoms with van der Waals surface area (Å²) in [5.74, 6) is 5.22. The van der Waals surface area contributed by atoms with Gasteiger partial charge >= 0.3 is 0 Å². The van der Waals surface area contributed by atoms with Crippen LogP contribution in [0.2, 0.25) is 0 Å². The summed E-state index contributed by atoms with van der Waals surface area (Å²) in [4.78, 5) is 3.75. The summed E-state index contributed by atoms with van der Waals surface area (Å²) in [6, 6.07) is 1.29. The second kappa shape index (κ2) is 5.08. The molecule has 17 heavy (non-hydrogen) atoms. The van der Waals surface area contributed by atoms with Crippen LogP contribution in [-0.4, -0.2) is 17.2 Å². The standard InChI is InChI=1S/C12H18FN3O/c1-12(5-2-3-7-17-12)11(16-14)9-4-6-15-8-10(9)13/h4,6,8,11,16H,2-3,5,7,14H2,1H3. The molecule has 4 nitrogen and oxygen atoms in total. The maximum absolute atomic E-state index is 13.7. The molecule has 0 saturated carbocycles. The second-order valence-corrected chi connectivity index (χ2v) is 4.62. The molecule has 1 aliphatic heterocycles. The van der Waals surface area contributed by atoms with E-state index >= 15 is 0 Å². The first-order chi connectivity index (χ1) is 8.17. The Bertz CT molecular complexity index is 380. The Morgan fingerprint density at radius 1 is 1.59 bits per heavy atom. The van der Waals surface area contributed by atoms with Gasteiger partial charge in [0, 0.05) is 18.4 Å². The van der Waals surface area contributed by atoms with Gasteiger partial charge in [0.25, 0.3) is 0 Å². The Balaban J connectivity index is 2.29. The van der Waals surface area contributed by atoms with Crippen LogP contribution in [-0.2, 0) is 4.74 Å². The zero-order chi connectivity index (χ0) is 12.3. The first kappa shape index (κ1) is 12.4. The quantitative estimate of drug-likeness (QED) is 0.622. The number of rotatable bonds is 3. The van der Waals surface area contributed by atoms with E-state index in [1.165, 1.54) is 6.20 Å². The molecule has 1 aromatic rings. The van der Waals surface area contributed by atoms with E-state index in [0.29, 0.717) is 12.2 Å². The van der Waals surface area contributed by atoms with Crippen molar-refractivity contribution in [3.8, 4) is 0 Å². The van der Waals surface area contributed by atoms with Crippen molar-refractivity contribution in [2.24, 2.45) is 5.84 Å². The van der Waals surface area contributed by atoms with Crippen LogP contribution in [0.4, 0.5) is 4.39 Å². The Kier molecular flexibility index (Phi) is 3.71. The minimum atomic E-state index is -0.463. The number of hydrogen-bond acceptors (Lipinski definition) is 4. The Morgan fingerprint density at radius 3 is 3.00 bits per heavy atom. The monoisotopic (exact) mass is 239 g/mol. The first-order valence-corrected chi connectivity index (χ1v) is 5.87. The van der Waals surface area contributed by atoms with Crippen LogP contribution in [0.1, 0.15) is 37.8 Å². The summed E-state index contributed by atoms with van der Waals surface area (Å²) in [5.41, 5.74) is 2.72. The number of nitrogens with two attached hydrogens (primary N) is 1. The van der Waals surface area contributed by atoms with Gasteiger partial charge in [-0.05, 0) is 32.3 Å². The van der Waals surface area contributed by atoms with Crippen LogP contribution in [0.5, 0.6) is 0 Å². The first-order valence-electron chi connectivity index (χ1n) is 5.87. The molecule has 2 unspecified atom stereocenters. The molecule has 0 aromatic carbocycles. The maximum Gasteiger partial charge on any atom is 0.146 e. The van der Waals surface area contributed by atoms with Crippen molar-refractivity contribution in [2.75, 3.05) is 6.61 Å². The smallest absolute Gasteiger partial charge is 0.146 e. The predicted octanol–water partition coefficient (Wildman–Crippen LogP) is 1.68. The fourth-order valence-corrected chi connectivity index (χ4v) is 2.40. The summed E-state index contributed by atoms with van der Waals surface area (Å²) in [5, 5.41) is 0. The zero-order valence-electron chi connectivity index (χ0n) is 9.95. The molecule has 2 atom stereocenters. The molecule has 94 valence electrons. The molecule has 1 saturated heterocycles. The lowest BCUT2D eigenvalue weighted by molar-refractivity contribution is -0.0905. The molecule has 0 radical (unpaired) electrons. The molecular formula is C12H18FN3O. The molecule has 2 rings (SSSR count). The molecular weight excluding hydrogens is 221 g/mol. The number of aromatic nitrogens is 1. The highest BCUT2D eigenvalue weighted by Crippen LogP contribution is 2.36. The highest BCUT2D eigenvalue weighted by Gasteiger charge is 2.38.